The van der Waals surface area contributed by atoms with E-state index in [0.717, 1.165) is 19.5 Å². The normalized spacial score (nSPS) is 25.4. The van der Waals surface area contributed by atoms with Crippen LogP contribution in [0.1, 0.15) is 39.0 Å². The fourth-order valence-corrected chi connectivity index (χ4v) is 3.09. The van der Waals surface area contributed by atoms with Gasteiger partial charge >= 0.3 is 12.0 Å². The number of hydrogen-bond acceptors (Lipinski definition) is 3. The first kappa shape index (κ1) is 15.1. The second-order valence-electron chi connectivity index (χ2n) is 5.82. The van der Waals surface area contributed by atoms with Gasteiger partial charge in [-0.2, -0.15) is 0 Å². The molecule has 2 amide bonds. The van der Waals surface area contributed by atoms with Crippen LogP contribution in [0.5, 0.6) is 0 Å². The summed E-state index contributed by atoms with van der Waals surface area (Å²) in [6, 6.07) is -0.579. The molecule has 2 aliphatic heterocycles. The van der Waals surface area contributed by atoms with Gasteiger partial charge < -0.3 is 15.3 Å². The molecule has 0 aliphatic carbocycles. The monoisotopic (exact) mass is 283 g/mol. The van der Waals surface area contributed by atoms with Gasteiger partial charge in [-0.15, -0.1) is 0 Å². The van der Waals surface area contributed by atoms with Gasteiger partial charge in [0.15, 0.2) is 0 Å². The number of piperidine rings is 1. The molecule has 0 saturated carbocycles. The molecule has 2 unspecified atom stereocenters. The zero-order valence-corrected chi connectivity index (χ0v) is 12.2. The van der Waals surface area contributed by atoms with Crippen LogP contribution in [0.2, 0.25) is 0 Å². The Kier molecular flexibility index (Phi) is 5.23. The van der Waals surface area contributed by atoms with Crippen LogP contribution in [0.3, 0.4) is 0 Å². The van der Waals surface area contributed by atoms with Gasteiger partial charge in [0.1, 0.15) is 6.04 Å². The number of carbonyl (C=O) groups excluding carboxylic acids is 1. The SMILES string of the molecule is CC(CNC(=O)N1CCCC1C(=O)O)N1CCCCC1. The van der Waals surface area contributed by atoms with Gasteiger partial charge in [0, 0.05) is 19.1 Å². The van der Waals surface area contributed by atoms with Gasteiger partial charge in [-0.3, -0.25) is 4.90 Å². The summed E-state index contributed by atoms with van der Waals surface area (Å²) in [5.41, 5.74) is 0. The van der Waals surface area contributed by atoms with Crippen LogP contribution in [-0.4, -0.2) is 65.2 Å². The van der Waals surface area contributed by atoms with Crippen molar-refractivity contribution >= 4 is 12.0 Å². The van der Waals surface area contributed by atoms with Crippen molar-refractivity contribution < 1.29 is 14.7 Å². The average Bonchev–Trinajstić information content (AvgIpc) is 2.95. The summed E-state index contributed by atoms with van der Waals surface area (Å²) in [5, 5.41) is 12.0. The molecule has 0 spiro atoms. The van der Waals surface area contributed by atoms with Crippen LogP contribution in [-0.2, 0) is 4.79 Å². The highest BCUT2D eigenvalue weighted by atomic mass is 16.4. The average molecular weight is 283 g/mol. The number of nitrogens with one attached hydrogen (secondary N) is 1. The number of amides is 2. The first-order valence-corrected chi connectivity index (χ1v) is 7.61. The zero-order chi connectivity index (χ0) is 14.5. The lowest BCUT2D eigenvalue weighted by Crippen LogP contribution is -2.50. The van der Waals surface area contributed by atoms with E-state index in [0.29, 0.717) is 25.6 Å². The van der Waals surface area contributed by atoms with Crippen molar-refractivity contribution in [1.82, 2.24) is 15.1 Å². The standard InChI is InChI=1S/C14H25N3O3/c1-11(16-7-3-2-4-8-16)10-15-14(20)17-9-5-6-12(17)13(18)19/h11-12H,2-10H2,1H3,(H,15,20)(H,18,19). The molecular weight excluding hydrogens is 258 g/mol. The Balaban J connectivity index is 1.78. The molecule has 114 valence electrons. The summed E-state index contributed by atoms with van der Waals surface area (Å²) in [6.45, 7) is 5.43. The van der Waals surface area contributed by atoms with Crippen LogP contribution in [0.4, 0.5) is 4.79 Å². The first-order valence-electron chi connectivity index (χ1n) is 7.61. The Labute approximate surface area is 120 Å². The van der Waals surface area contributed by atoms with Crippen molar-refractivity contribution in [3.63, 3.8) is 0 Å². The first-order chi connectivity index (χ1) is 9.59. The van der Waals surface area contributed by atoms with Crippen molar-refractivity contribution in [3.05, 3.63) is 0 Å². The fourth-order valence-electron chi connectivity index (χ4n) is 3.09. The van der Waals surface area contributed by atoms with Crippen LogP contribution in [0.15, 0.2) is 0 Å². The topological polar surface area (TPSA) is 72.9 Å². The molecule has 2 heterocycles. The highest BCUT2D eigenvalue weighted by molar-refractivity contribution is 5.83. The lowest BCUT2D eigenvalue weighted by atomic mass is 10.1. The number of likely N-dealkylation sites (tertiary alicyclic amines) is 2. The minimum atomic E-state index is -0.901. The van der Waals surface area contributed by atoms with Crippen LogP contribution >= 0.6 is 0 Å². The zero-order valence-electron chi connectivity index (χ0n) is 12.2. The number of carbonyl (C=O) groups is 2. The summed E-state index contributed by atoms with van der Waals surface area (Å²) in [4.78, 5) is 27.0. The lowest BCUT2D eigenvalue weighted by Gasteiger charge is -2.33. The van der Waals surface area contributed by atoms with Crippen LogP contribution in [0, 0.1) is 0 Å². The molecule has 2 aliphatic rings. The van der Waals surface area contributed by atoms with Crippen LogP contribution in [0.25, 0.3) is 0 Å². The van der Waals surface area contributed by atoms with Gasteiger partial charge in [-0.05, 0) is 45.7 Å². The van der Waals surface area contributed by atoms with E-state index in [-0.39, 0.29) is 6.03 Å². The molecule has 0 aromatic rings. The molecule has 2 atom stereocenters. The molecule has 2 rings (SSSR count). The maximum Gasteiger partial charge on any atom is 0.326 e. The summed E-state index contributed by atoms with van der Waals surface area (Å²) >= 11 is 0. The van der Waals surface area contributed by atoms with Crippen molar-refractivity contribution in [3.8, 4) is 0 Å². The van der Waals surface area contributed by atoms with E-state index in [1.54, 1.807) is 0 Å². The molecule has 0 bridgehead atoms. The number of carboxylic acid groups (broad SMARTS) is 1. The molecular formula is C14H25N3O3. The quantitative estimate of drug-likeness (QED) is 0.811. The van der Waals surface area contributed by atoms with Gasteiger partial charge in [0.25, 0.3) is 0 Å². The Bertz CT molecular complexity index is 356. The molecule has 6 heteroatoms. The largest absolute Gasteiger partial charge is 0.480 e. The number of nitrogens with zero attached hydrogens (tertiary/aromatic N) is 2. The second kappa shape index (κ2) is 6.92. The molecule has 2 fully saturated rings. The van der Waals surface area contributed by atoms with Gasteiger partial charge in [-0.25, -0.2) is 9.59 Å². The Morgan fingerprint density at radius 3 is 2.55 bits per heavy atom. The van der Waals surface area contributed by atoms with Gasteiger partial charge in [0.05, 0.1) is 0 Å². The Morgan fingerprint density at radius 2 is 1.90 bits per heavy atom. The third kappa shape index (κ3) is 3.62. The number of hydrogen-bond donors (Lipinski definition) is 2. The fraction of sp³-hybridized carbons (Fsp3) is 0.857. The van der Waals surface area contributed by atoms with E-state index in [1.807, 2.05) is 0 Å². The van der Waals surface area contributed by atoms with Crippen LogP contribution < -0.4 is 5.32 Å². The number of urea groups is 1. The highest BCUT2D eigenvalue weighted by Crippen LogP contribution is 2.17. The summed E-state index contributed by atoms with van der Waals surface area (Å²) < 4.78 is 0. The van der Waals surface area contributed by atoms with Gasteiger partial charge in [0.2, 0.25) is 0 Å². The summed E-state index contributed by atoms with van der Waals surface area (Å²) in [7, 11) is 0. The van der Waals surface area contributed by atoms with E-state index in [9.17, 15) is 9.59 Å². The smallest absolute Gasteiger partial charge is 0.326 e. The third-order valence-corrected chi connectivity index (χ3v) is 4.36. The molecule has 6 nitrogen and oxygen atoms in total. The molecule has 2 saturated heterocycles. The van der Waals surface area contributed by atoms with E-state index >= 15 is 0 Å². The minimum Gasteiger partial charge on any atom is -0.480 e. The molecule has 0 radical (unpaired) electrons. The second-order valence-corrected chi connectivity index (χ2v) is 5.82. The van der Waals surface area contributed by atoms with E-state index in [1.165, 1.54) is 24.2 Å². The van der Waals surface area contributed by atoms with Crippen molar-refractivity contribution in [2.75, 3.05) is 26.2 Å². The number of carboxylic acids is 1. The molecule has 2 N–H and O–H groups in total. The van der Waals surface area contributed by atoms with Gasteiger partial charge in [-0.1, -0.05) is 6.42 Å². The molecule has 0 aromatic heterocycles. The van der Waals surface area contributed by atoms with E-state index < -0.39 is 12.0 Å². The minimum absolute atomic E-state index is 0.237. The van der Waals surface area contributed by atoms with Crippen molar-refractivity contribution in [1.29, 1.82) is 0 Å². The third-order valence-electron chi connectivity index (χ3n) is 4.36. The molecule has 20 heavy (non-hydrogen) atoms. The number of rotatable bonds is 4. The maximum absolute atomic E-state index is 12.1. The predicted octanol–water partition coefficient (Wildman–Crippen LogP) is 1.12. The van der Waals surface area contributed by atoms with E-state index in [2.05, 4.69) is 17.1 Å². The summed E-state index contributed by atoms with van der Waals surface area (Å²) in [5.74, 6) is -0.901. The van der Waals surface area contributed by atoms with E-state index in [4.69, 9.17) is 5.11 Å². The molecule has 0 aromatic carbocycles. The Hall–Kier alpha value is -1.30. The predicted molar refractivity (Wildman–Crippen MR) is 75.6 cm³/mol. The lowest BCUT2D eigenvalue weighted by molar-refractivity contribution is -0.141. The summed E-state index contributed by atoms with van der Waals surface area (Å²) in [6.07, 6.45) is 5.08. The highest BCUT2D eigenvalue weighted by Gasteiger charge is 2.34. The Morgan fingerprint density at radius 1 is 1.20 bits per heavy atom. The van der Waals surface area contributed by atoms with Crippen molar-refractivity contribution in [2.24, 2.45) is 0 Å². The number of aliphatic carboxylic acids is 1. The maximum atomic E-state index is 12.1. The van der Waals surface area contributed by atoms with Crippen molar-refractivity contribution in [2.45, 2.75) is 51.1 Å².